The minimum Gasteiger partial charge on any atom is -0.463 e. The van der Waals surface area contributed by atoms with Crippen LogP contribution in [0.5, 0.6) is 0 Å². The zero-order valence-electron chi connectivity index (χ0n) is 19.5. The van der Waals surface area contributed by atoms with E-state index in [1.807, 2.05) is 44.2 Å². The number of furan rings is 1. The van der Waals surface area contributed by atoms with Crippen molar-refractivity contribution in [3.05, 3.63) is 72.1 Å². The van der Waals surface area contributed by atoms with E-state index >= 15 is 0 Å². The maximum Gasteiger partial charge on any atom is 0.339 e. The molecule has 1 unspecified atom stereocenters. The molecule has 0 saturated heterocycles. The monoisotopic (exact) mass is 475 g/mol. The number of urea groups is 1. The predicted molar refractivity (Wildman–Crippen MR) is 127 cm³/mol. The second kappa shape index (κ2) is 10.2. The normalized spacial score (nSPS) is 11.9. The predicted octanol–water partition coefficient (Wildman–Crippen LogP) is 3.84. The second-order valence-corrected chi connectivity index (χ2v) is 8.16. The van der Waals surface area contributed by atoms with Gasteiger partial charge in [0.1, 0.15) is 5.69 Å². The number of fused-ring (bicyclic) bond motifs is 1. The number of nitrogens with one attached hydrogen (secondary N) is 2. The number of benzene rings is 1. The van der Waals surface area contributed by atoms with Gasteiger partial charge in [-0.1, -0.05) is 30.3 Å². The average molecular weight is 476 g/mol. The lowest BCUT2D eigenvalue weighted by Gasteiger charge is -2.14. The smallest absolute Gasteiger partial charge is 0.339 e. The molecule has 180 valence electrons. The number of ether oxygens (including phenoxy) is 1. The van der Waals surface area contributed by atoms with Crippen LogP contribution in [0.2, 0.25) is 0 Å². The molecule has 0 saturated carbocycles. The molecule has 0 spiro atoms. The van der Waals surface area contributed by atoms with Crippen LogP contribution in [-0.4, -0.2) is 38.8 Å². The third-order valence-electron chi connectivity index (χ3n) is 5.24. The molecule has 0 fully saturated rings. The Kier molecular flexibility index (Phi) is 6.91. The van der Waals surface area contributed by atoms with Crippen LogP contribution in [0.1, 0.15) is 42.7 Å². The molecule has 1 atom stereocenters. The molecular formula is C25H25N5O5. The van der Waals surface area contributed by atoms with Crippen molar-refractivity contribution in [3.8, 4) is 11.5 Å². The van der Waals surface area contributed by atoms with E-state index in [2.05, 4.69) is 20.7 Å². The van der Waals surface area contributed by atoms with E-state index in [0.717, 1.165) is 5.56 Å². The van der Waals surface area contributed by atoms with E-state index in [1.165, 1.54) is 25.5 Å². The number of carbonyl (C=O) groups excluding carboxylic acids is 3. The van der Waals surface area contributed by atoms with Crippen molar-refractivity contribution in [2.75, 3.05) is 0 Å². The molecular weight excluding hydrogens is 450 g/mol. The van der Waals surface area contributed by atoms with Gasteiger partial charge in [-0.25, -0.2) is 19.3 Å². The molecule has 0 radical (unpaired) electrons. The summed E-state index contributed by atoms with van der Waals surface area (Å²) in [4.78, 5) is 42.2. The molecule has 3 heterocycles. The lowest BCUT2D eigenvalue weighted by atomic mass is 10.1. The van der Waals surface area contributed by atoms with Crippen molar-refractivity contribution in [3.63, 3.8) is 0 Å². The Morgan fingerprint density at radius 2 is 1.86 bits per heavy atom. The fourth-order valence-electron chi connectivity index (χ4n) is 3.43. The zero-order chi connectivity index (χ0) is 24.9. The summed E-state index contributed by atoms with van der Waals surface area (Å²) >= 11 is 0. The van der Waals surface area contributed by atoms with Crippen LogP contribution in [0.25, 0.3) is 22.5 Å². The Morgan fingerprint density at radius 1 is 1.09 bits per heavy atom. The summed E-state index contributed by atoms with van der Waals surface area (Å²) in [5.74, 6) is -1.03. The lowest BCUT2D eigenvalue weighted by molar-refractivity contribution is -0.127. The third kappa shape index (κ3) is 5.37. The minimum absolute atomic E-state index is 0.00480. The van der Waals surface area contributed by atoms with E-state index in [0.29, 0.717) is 22.5 Å². The number of nitrogens with zero attached hydrogens (tertiary/aromatic N) is 3. The molecule has 10 heteroatoms. The van der Waals surface area contributed by atoms with Gasteiger partial charge < -0.3 is 14.5 Å². The highest BCUT2D eigenvalue weighted by Gasteiger charge is 2.25. The summed E-state index contributed by atoms with van der Waals surface area (Å²) < 4.78 is 12.5. The zero-order valence-corrected chi connectivity index (χ0v) is 19.5. The number of hydrogen-bond donors (Lipinski definition) is 2. The minimum atomic E-state index is -1.22. The summed E-state index contributed by atoms with van der Waals surface area (Å²) in [5.41, 5.74) is 1.97. The Hall–Kier alpha value is -4.47. The molecule has 2 N–H and O–H groups in total. The first-order chi connectivity index (χ1) is 16.8. The molecule has 10 nitrogen and oxygen atoms in total. The average Bonchev–Trinajstić information content (AvgIpc) is 3.53. The van der Waals surface area contributed by atoms with Gasteiger partial charge in [-0.05, 0) is 44.5 Å². The summed E-state index contributed by atoms with van der Waals surface area (Å²) in [6, 6.07) is 13.5. The van der Waals surface area contributed by atoms with E-state index in [-0.39, 0.29) is 18.2 Å². The van der Waals surface area contributed by atoms with Crippen LogP contribution in [0.3, 0.4) is 0 Å². The number of esters is 1. The highest BCUT2D eigenvalue weighted by molar-refractivity contribution is 6.05. The van der Waals surface area contributed by atoms with Gasteiger partial charge in [0.05, 0.1) is 23.4 Å². The number of amides is 3. The third-order valence-corrected chi connectivity index (χ3v) is 5.24. The quantitative estimate of drug-likeness (QED) is 0.389. The maximum atomic E-state index is 13.1. The van der Waals surface area contributed by atoms with Crippen molar-refractivity contribution in [2.24, 2.45) is 0 Å². The molecule has 3 amide bonds. The Morgan fingerprint density at radius 3 is 2.54 bits per heavy atom. The maximum absolute atomic E-state index is 13.1. The van der Waals surface area contributed by atoms with Gasteiger partial charge in [0.2, 0.25) is 0 Å². The molecule has 0 aliphatic heterocycles. The lowest BCUT2D eigenvalue weighted by Crippen LogP contribution is -2.44. The van der Waals surface area contributed by atoms with Crippen LogP contribution in [0.4, 0.5) is 4.79 Å². The summed E-state index contributed by atoms with van der Waals surface area (Å²) in [6.07, 6.45) is 1.82. The van der Waals surface area contributed by atoms with Gasteiger partial charge >= 0.3 is 12.0 Å². The topological polar surface area (TPSA) is 128 Å². The first-order valence-corrected chi connectivity index (χ1v) is 11.1. The SMILES string of the molecule is CC(OC(=O)c1cc(-c2ccco2)nc2c1cnn2C(C)C)C(=O)NC(=O)NCc1ccccc1. The standard InChI is InChI=1S/C25H25N5O5/c1-15(2)30-22-19(14-27-30)18(12-20(28-22)21-10-7-11-34-21)24(32)35-16(3)23(31)29-25(33)26-13-17-8-5-4-6-9-17/h4-12,14-16H,13H2,1-3H3,(H2,26,29,31,33). The van der Waals surface area contributed by atoms with Gasteiger partial charge in [-0.3, -0.25) is 10.1 Å². The fourth-order valence-corrected chi connectivity index (χ4v) is 3.43. The number of rotatable bonds is 7. The van der Waals surface area contributed by atoms with Gasteiger partial charge in [-0.15, -0.1) is 0 Å². The van der Waals surface area contributed by atoms with Crippen molar-refractivity contribution in [1.29, 1.82) is 0 Å². The number of imide groups is 1. The largest absolute Gasteiger partial charge is 0.463 e. The van der Waals surface area contributed by atoms with Gasteiger partial charge in [-0.2, -0.15) is 5.10 Å². The van der Waals surface area contributed by atoms with E-state index < -0.39 is 24.0 Å². The summed E-state index contributed by atoms with van der Waals surface area (Å²) in [6.45, 7) is 5.53. The number of hydrogen-bond acceptors (Lipinski definition) is 7. The molecule has 0 bridgehead atoms. The molecule has 1 aromatic carbocycles. The summed E-state index contributed by atoms with van der Waals surface area (Å²) in [7, 11) is 0. The number of pyridine rings is 1. The Bertz CT molecular complexity index is 1350. The van der Waals surface area contributed by atoms with Crippen molar-refractivity contribution in [2.45, 2.75) is 39.5 Å². The van der Waals surface area contributed by atoms with E-state index in [1.54, 1.807) is 16.8 Å². The molecule has 4 rings (SSSR count). The summed E-state index contributed by atoms with van der Waals surface area (Å²) in [5, 5.41) is 9.60. The highest BCUT2D eigenvalue weighted by Crippen LogP contribution is 2.27. The first-order valence-electron chi connectivity index (χ1n) is 11.1. The highest BCUT2D eigenvalue weighted by atomic mass is 16.5. The van der Waals surface area contributed by atoms with Crippen LogP contribution >= 0.6 is 0 Å². The molecule has 3 aromatic heterocycles. The van der Waals surface area contributed by atoms with Crippen molar-refractivity contribution < 1.29 is 23.5 Å². The van der Waals surface area contributed by atoms with Gasteiger partial charge in [0.15, 0.2) is 17.5 Å². The Balaban J connectivity index is 1.48. The van der Waals surface area contributed by atoms with Crippen molar-refractivity contribution >= 4 is 28.9 Å². The van der Waals surface area contributed by atoms with Crippen LogP contribution < -0.4 is 10.6 Å². The number of aromatic nitrogens is 3. The fraction of sp³-hybridized carbons (Fsp3) is 0.240. The molecule has 0 aliphatic rings. The van der Waals surface area contributed by atoms with E-state index in [9.17, 15) is 14.4 Å². The van der Waals surface area contributed by atoms with Crippen molar-refractivity contribution in [1.82, 2.24) is 25.4 Å². The first kappa shape index (κ1) is 23.7. The molecule has 4 aromatic rings. The van der Waals surface area contributed by atoms with Gasteiger partial charge in [0, 0.05) is 12.6 Å². The number of carbonyl (C=O) groups is 3. The van der Waals surface area contributed by atoms with Crippen LogP contribution in [-0.2, 0) is 16.1 Å². The van der Waals surface area contributed by atoms with Crippen LogP contribution in [0.15, 0.2) is 65.4 Å². The second-order valence-electron chi connectivity index (χ2n) is 8.16. The van der Waals surface area contributed by atoms with E-state index in [4.69, 9.17) is 9.15 Å². The Labute approximate surface area is 201 Å². The molecule has 0 aliphatic carbocycles. The van der Waals surface area contributed by atoms with Gasteiger partial charge in [0.25, 0.3) is 5.91 Å². The molecule has 35 heavy (non-hydrogen) atoms. The van der Waals surface area contributed by atoms with Crippen LogP contribution in [0, 0.1) is 0 Å².